The van der Waals surface area contributed by atoms with E-state index in [1.807, 2.05) is 6.92 Å². The van der Waals surface area contributed by atoms with E-state index in [2.05, 4.69) is 10.2 Å². The van der Waals surface area contributed by atoms with Crippen LogP contribution in [0.1, 0.15) is 13.3 Å². The lowest BCUT2D eigenvalue weighted by molar-refractivity contribution is 0.102. The SMILES string of the molecule is CC1OCCC1N(C)S(=O)(=O)c1cn[nH]c1. The standard InChI is InChI=1S/C9H15N3O3S/c1-7-9(3-4-15-7)12(2)16(13,14)8-5-10-11-6-8/h5-7,9H,3-4H2,1-2H3,(H,10,11). The molecule has 1 aliphatic rings. The van der Waals surface area contributed by atoms with Gasteiger partial charge in [-0.25, -0.2) is 8.42 Å². The van der Waals surface area contributed by atoms with Gasteiger partial charge in [0, 0.05) is 19.9 Å². The number of aromatic amines is 1. The predicted molar refractivity (Wildman–Crippen MR) is 57.4 cm³/mol. The minimum atomic E-state index is -3.45. The van der Waals surface area contributed by atoms with Gasteiger partial charge in [0.2, 0.25) is 10.0 Å². The Kier molecular flexibility index (Phi) is 3.00. The maximum Gasteiger partial charge on any atom is 0.246 e. The van der Waals surface area contributed by atoms with Gasteiger partial charge in [-0.3, -0.25) is 5.10 Å². The number of nitrogens with one attached hydrogen (secondary N) is 1. The van der Waals surface area contributed by atoms with Crippen LogP contribution in [0, 0.1) is 0 Å². The molecule has 0 aromatic carbocycles. The van der Waals surface area contributed by atoms with Crippen molar-refractivity contribution in [2.24, 2.45) is 0 Å². The molecular formula is C9H15N3O3S. The zero-order valence-corrected chi connectivity index (χ0v) is 10.1. The lowest BCUT2D eigenvalue weighted by atomic mass is 10.2. The van der Waals surface area contributed by atoms with Crippen LogP contribution in [0.4, 0.5) is 0 Å². The Morgan fingerprint density at radius 1 is 1.62 bits per heavy atom. The molecule has 1 aromatic rings. The van der Waals surface area contributed by atoms with Gasteiger partial charge in [-0.15, -0.1) is 0 Å². The van der Waals surface area contributed by atoms with E-state index < -0.39 is 10.0 Å². The third-order valence-corrected chi connectivity index (χ3v) is 4.80. The summed E-state index contributed by atoms with van der Waals surface area (Å²) in [5.74, 6) is 0. The van der Waals surface area contributed by atoms with Crippen LogP contribution >= 0.6 is 0 Å². The highest BCUT2D eigenvalue weighted by atomic mass is 32.2. The Bertz CT molecular complexity index is 443. The molecule has 1 aromatic heterocycles. The number of H-pyrrole nitrogens is 1. The Hall–Kier alpha value is -0.920. The first kappa shape index (κ1) is 11.6. The van der Waals surface area contributed by atoms with E-state index in [-0.39, 0.29) is 17.0 Å². The second-order valence-corrected chi connectivity index (χ2v) is 5.88. The van der Waals surface area contributed by atoms with Crippen molar-refractivity contribution in [1.29, 1.82) is 0 Å². The second kappa shape index (κ2) is 4.15. The van der Waals surface area contributed by atoms with Gasteiger partial charge >= 0.3 is 0 Å². The first-order chi connectivity index (χ1) is 7.53. The lowest BCUT2D eigenvalue weighted by Gasteiger charge is -2.25. The third-order valence-electron chi connectivity index (χ3n) is 2.95. The average molecular weight is 245 g/mol. The van der Waals surface area contributed by atoms with Crippen molar-refractivity contribution < 1.29 is 13.2 Å². The van der Waals surface area contributed by atoms with Gasteiger partial charge in [0.15, 0.2) is 0 Å². The number of ether oxygens (including phenoxy) is 1. The Morgan fingerprint density at radius 2 is 2.38 bits per heavy atom. The van der Waals surface area contributed by atoms with Crippen LogP contribution in [0.3, 0.4) is 0 Å². The lowest BCUT2D eigenvalue weighted by Crippen LogP contribution is -2.40. The van der Waals surface area contributed by atoms with Crippen LogP contribution in [0.2, 0.25) is 0 Å². The number of nitrogens with zero attached hydrogens (tertiary/aromatic N) is 2. The van der Waals surface area contributed by atoms with Crippen molar-refractivity contribution in [2.45, 2.75) is 30.4 Å². The first-order valence-electron chi connectivity index (χ1n) is 5.12. The fourth-order valence-corrected chi connectivity index (χ4v) is 3.28. The summed E-state index contributed by atoms with van der Waals surface area (Å²) < 4.78 is 31.0. The number of hydrogen-bond donors (Lipinski definition) is 1. The minimum absolute atomic E-state index is 0.0633. The molecule has 90 valence electrons. The quantitative estimate of drug-likeness (QED) is 0.826. The molecule has 2 atom stereocenters. The second-order valence-electron chi connectivity index (χ2n) is 3.89. The van der Waals surface area contributed by atoms with E-state index in [0.717, 1.165) is 6.42 Å². The summed E-state index contributed by atoms with van der Waals surface area (Å²) >= 11 is 0. The summed E-state index contributed by atoms with van der Waals surface area (Å²) in [6.45, 7) is 2.50. The zero-order chi connectivity index (χ0) is 11.8. The Labute approximate surface area is 94.6 Å². The summed E-state index contributed by atoms with van der Waals surface area (Å²) in [6.07, 6.45) is 3.36. The molecule has 0 spiro atoms. The molecule has 0 saturated carbocycles. The van der Waals surface area contributed by atoms with Gasteiger partial charge in [0.05, 0.1) is 18.3 Å². The van der Waals surface area contributed by atoms with E-state index in [9.17, 15) is 8.42 Å². The highest BCUT2D eigenvalue weighted by Crippen LogP contribution is 2.23. The van der Waals surface area contributed by atoms with E-state index in [0.29, 0.717) is 6.61 Å². The van der Waals surface area contributed by atoms with Crippen LogP contribution in [0.15, 0.2) is 17.3 Å². The number of aromatic nitrogens is 2. The summed E-state index contributed by atoms with van der Waals surface area (Å²) in [7, 11) is -1.87. The van der Waals surface area contributed by atoms with Crippen LogP contribution < -0.4 is 0 Å². The number of hydrogen-bond acceptors (Lipinski definition) is 4. The van der Waals surface area contributed by atoms with Crippen LogP contribution in [0.5, 0.6) is 0 Å². The van der Waals surface area contributed by atoms with Crippen molar-refractivity contribution in [3.05, 3.63) is 12.4 Å². The van der Waals surface area contributed by atoms with Crippen molar-refractivity contribution in [1.82, 2.24) is 14.5 Å². The van der Waals surface area contributed by atoms with E-state index >= 15 is 0 Å². The van der Waals surface area contributed by atoms with Crippen molar-refractivity contribution >= 4 is 10.0 Å². The molecule has 1 aliphatic heterocycles. The van der Waals surface area contributed by atoms with Crippen LogP contribution in [-0.4, -0.2) is 48.7 Å². The summed E-state index contributed by atoms with van der Waals surface area (Å²) in [5, 5.41) is 6.16. The maximum absolute atomic E-state index is 12.1. The summed E-state index contributed by atoms with van der Waals surface area (Å²) in [5.41, 5.74) is 0. The molecule has 0 amide bonds. The smallest absolute Gasteiger partial charge is 0.246 e. The molecule has 2 unspecified atom stereocenters. The number of rotatable bonds is 3. The first-order valence-corrected chi connectivity index (χ1v) is 6.56. The molecule has 0 bridgehead atoms. The Balaban J connectivity index is 2.24. The largest absolute Gasteiger partial charge is 0.377 e. The minimum Gasteiger partial charge on any atom is -0.377 e. The fourth-order valence-electron chi connectivity index (χ4n) is 1.92. The monoisotopic (exact) mass is 245 g/mol. The molecule has 6 nitrogen and oxygen atoms in total. The Morgan fingerprint density at radius 3 is 2.88 bits per heavy atom. The van der Waals surface area contributed by atoms with Gasteiger partial charge in [0.25, 0.3) is 0 Å². The molecule has 1 saturated heterocycles. The zero-order valence-electron chi connectivity index (χ0n) is 9.25. The van der Waals surface area contributed by atoms with Crippen LogP contribution in [0.25, 0.3) is 0 Å². The third kappa shape index (κ3) is 1.85. The van der Waals surface area contributed by atoms with Gasteiger partial charge in [-0.05, 0) is 13.3 Å². The van der Waals surface area contributed by atoms with Gasteiger partial charge in [-0.2, -0.15) is 9.40 Å². The molecule has 2 rings (SSSR count). The predicted octanol–water partition coefficient (Wildman–Crippen LogP) is 0.208. The molecule has 7 heteroatoms. The number of likely N-dealkylation sites (N-methyl/N-ethyl adjacent to an activating group) is 1. The maximum atomic E-state index is 12.1. The molecule has 1 fully saturated rings. The average Bonchev–Trinajstić information content (AvgIpc) is 2.86. The summed E-state index contributed by atoms with van der Waals surface area (Å²) in [6, 6.07) is -0.0973. The molecule has 0 radical (unpaired) electrons. The van der Waals surface area contributed by atoms with Gasteiger partial charge in [-0.1, -0.05) is 0 Å². The van der Waals surface area contributed by atoms with E-state index in [1.54, 1.807) is 7.05 Å². The van der Waals surface area contributed by atoms with Gasteiger partial charge in [0.1, 0.15) is 4.90 Å². The molecule has 0 aliphatic carbocycles. The number of sulfonamides is 1. The van der Waals surface area contributed by atoms with Gasteiger partial charge < -0.3 is 4.74 Å². The van der Waals surface area contributed by atoms with Crippen LogP contribution in [-0.2, 0) is 14.8 Å². The van der Waals surface area contributed by atoms with Crippen molar-refractivity contribution in [3.8, 4) is 0 Å². The molecular weight excluding hydrogens is 230 g/mol. The fraction of sp³-hybridized carbons (Fsp3) is 0.667. The molecule has 16 heavy (non-hydrogen) atoms. The van der Waals surface area contributed by atoms with Crippen molar-refractivity contribution in [2.75, 3.05) is 13.7 Å². The van der Waals surface area contributed by atoms with Crippen molar-refractivity contribution in [3.63, 3.8) is 0 Å². The highest BCUT2D eigenvalue weighted by Gasteiger charge is 2.35. The normalized spacial score (nSPS) is 26.4. The van der Waals surface area contributed by atoms with E-state index in [1.165, 1.54) is 16.7 Å². The topological polar surface area (TPSA) is 75.3 Å². The van der Waals surface area contributed by atoms with E-state index in [4.69, 9.17) is 4.74 Å². The molecule has 2 heterocycles. The highest BCUT2D eigenvalue weighted by molar-refractivity contribution is 7.89. The summed E-state index contributed by atoms with van der Waals surface area (Å²) in [4.78, 5) is 0.189. The molecule has 1 N–H and O–H groups in total.